The van der Waals surface area contributed by atoms with Gasteiger partial charge in [-0.05, 0) is 58.6 Å². The molecule has 2 N–H and O–H groups in total. The Balaban J connectivity index is 1.81. The normalized spacial score (nSPS) is 21.6. The zero-order valence-electron chi connectivity index (χ0n) is 13.8. The average Bonchev–Trinajstić information content (AvgIpc) is 2.43. The Hall–Kier alpha value is -1.13. The summed E-state index contributed by atoms with van der Waals surface area (Å²) >= 11 is 12.4. The molecule has 0 heterocycles. The number of para-hydroxylation sites is 1. The minimum atomic E-state index is -0.469. The van der Waals surface area contributed by atoms with Crippen molar-refractivity contribution < 1.29 is 9.53 Å². The van der Waals surface area contributed by atoms with Crippen molar-refractivity contribution in [1.82, 2.24) is 5.32 Å². The lowest BCUT2D eigenvalue weighted by atomic mass is 9.91. The van der Waals surface area contributed by atoms with Gasteiger partial charge in [-0.15, -0.1) is 0 Å². The highest BCUT2D eigenvalue weighted by atomic mass is 35.5. The molecule has 0 radical (unpaired) electrons. The van der Waals surface area contributed by atoms with E-state index in [0.717, 1.165) is 31.4 Å². The molecule has 1 aliphatic rings. The van der Waals surface area contributed by atoms with Gasteiger partial charge in [0.2, 0.25) is 0 Å². The van der Waals surface area contributed by atoms with Crippen LogP contribution < -0.4 is 10.6 Å². The molecule has 6 heteroatoms. The van der Waals surface area contributed by atoms with Crippen LogP contribution in [0.15, 0.2) is 18.2 Å². The van der Waals surface area contributed by atoms with Crippen molar-refractivity contribution in [3.05, 3.63) is 28.2 Å². The number of hydrogen-bond acceptors (Lipinski definition) is 3. The van der Waals surface area contributed by atoms with Crippen LogP contribution in [0.25, 0.3) is 0 Å². The van der Waals surface area contributed by atoms with Gasteiger partial charge in [0, 0.05) is 12.1 Å². The van der Waals surface area contributed by atoms with Crippen LogP contribution in [-0.4, -0.2) is 23.8 Å². The summed E-state index contributed by atoms with van der Waals surface area (Å²) in [5.74, 6) is 0. The molecular formula is C17H24Cl2N2O2. The molecule has 0 aliphatic heterocycles. The summed E-state index contributed by atoms with van der Waals surface area (Å²) in [6.45, 7) is 5.59. The van der Waals surface area contributed by atoms with Crippen molar-refractivity contribution >= 4 is 35.0 Å². The molecule has 23 heavy (non-hydrogen) atoms. The maximum atomic E-state index is 11.8. The number of hydrogen-bond donors (Lipinski definition) is 2. The maximum absolute atomic E-state index is 11.8. The summed E-state index contributed by atoms with van der Waals surface area (Å²) in [5, 5.41) is 7.63. The van der Waals surface area contributed by atoms with Crippen molar-refractivity contribution in [1.29, 1.82) is 0 Å². The van der Waals surface area contributed by atoms with Gasteiger partial charge in [-0.25, -0.2) is 4.79 Å². The van der Waals surface area contributed by atoms with Gasteiger partial charge in [0.05, 0.1) is 15.7 Å². The van der Waals surface area contributed by atoms with Crippen molar-refractivity contribution in [3.63, 3.8) is 0 Å². The number of ether oxygens (including phenoxy) is 1. The largest absolute Gasteiger partial charge is 0.444 e. The number of carbonyl (C=O) groups is 1. The van der Waals surface area contributed by atoms with Gasteiger partial charge in [-0.1, -0.05) is 29.3 Å². The van der Waals surface area contributed by atoms with E-state index in [2.05, 4.69) is 10.6 Å². The van der Waals surface area contributed by atoms with Gasteiger partial charge in [0.1, 0.15) is 5.60 Å². The standard InChI is InChI=1S/C17H24Cl2N2O2/c1-17(2,3)23-16(22)21-12-9-7-11(8-10-12)20-15-13(18)5-4-6-14(15)19/h4-6,11-12,20H,7-10H2,1-3H3,(H,21,22). The van der Waals surface area contributed by atoms with Gasteiger partial charge < -0.3 is 15.4 Å². The molecule has 0 bridgehead atoms. The molecule has 128 valence electrons. The maximum Gasteiger partial charge on any atom is 0.407 e. The first-order chi connectivity index (χ1) is 10.7. The predicted octanol–water partition coefficient (Wildman–Crippen LogP) is 5.24. The van der Waals surface area contributed by atoms with Gasteiger partial charge in [0.25, 0.3) is 0 Å². The fourth-order valence-electron chi connectivity index (χ4n) is 2.70. The Labute approximate surface area is 147 Å². The number of amides is 1. The minimum absolute atomic E-state index is 0.157. The molecule has 1 saturated carbocycles. The summed E-state index contributed by atoms with van der Waals surface area (Å²) in [6, 6.07) is 5.95. The Bertz CT molecular complexity index is 530. The Morgan fingerprint density at radius 2 is 1.61 bits per heavy atom. The summed E-state index contributed by atoms with van der Waals surface area (Å²) in [7, 11) is 0. The van der Waals surface area contributed by atoms with E-state index in [0.29, 0.717) is 16.1 Å². The smallest absolute Gasteiger partial charge is 0.407 e. The zero-order valence-corrected chi connectivity index (χ0v) is 15.3. The topological polar surface area (TPSA) is 50.4 Å². The van der Waals surface area contributed by atoms with E-state index >= 15 is 0 Å². The third kappa shape index (κ3) is 5.78. The number of benzene rings is 1. The Morgan fingerprint density at radius 3 is 2.13 bits per heavy atom. The van der Waals surface area contributed by atoms with Crippen LogP contribution in [-0.2, 0) is 4.74 Å². The van der Waals surface area contributed by atoms with Crippen LogP contribution >= 0.6 is 23.2 Å². The number of nitrogens with one attached hydrogen (secondary N) is 2. The molecule has 1 amide bonds. The lowest BCUT2D eigenvalue weighted by Gasteiger charge is -2.31. The highest BCUT2D eigenvalue weighted by Crippen LogP contribution is 2.32. The first-order valence-electron chi connectivity index (χ1n) is 7.94. The minimum Gasteiger partial charge on any atom is -0.444 e. The summed E-state index contributed by atoms with van der Waals surface area (Å²) < 4.78 is 5.29. The number of halogens is 2. The van der Waals surface area contributed by atoms with Crippen LogP contribution in [0.2, 0.25) is 10.0 Å². The Morgan fingerprint density at radius 1 is 1.09 bits per heavy atom. The van der Waals surface area contributed by atoms with Gasteiger partial charge in [-0.3, -0.25) is 0 Å². The van der Waals surface area contributed by atoms with Crippen molar-refractivity contribution in [2.24, 2.45) is 0 Å². The van der Waals surface area contributed by atoms with Crippen LogP contribution in [0.4, 0.5) is 10.5 Å². The highest BCUT2D eigenvalue weighted by Gasteiger charge is 2.25. The molecule has 2 rings (SSSR count). The Kier molecular flexibility index (Phi) is 6.04. The molecule has 1 aliphatic carbocycles. The molecule has 0 atom stereocenters. The third-order valence-corrected chi connectivity index (χ3v) is 4.39. The van der Waals surface area contributed by atoms with Gasteiger partial charge in [-0.2, -0.15) is 0 Å². The van der Waals surface area contributed by atoms with E-state index in [4.69, 9.17) is 27.9 Å². The summed E-state index contributed by atoms with van der Waals surface area (Å²) in [4.78, 5) is 11.8. The van der Waals surface area contributed by atoms with Crippen molar-refractivity contribution in [2.45, 2.75) is 64.1 Å². The highest BCUT2D eigenvalue weighted by molar-refractivity contribution is 6.39. The van der Waals surface area contributed by atoms with E-state index in [1.807, 2.05) is 39.0 Å². The summed E-state index contributed by atoms with van der Waals surface area (Å²) in [6.07, 6.45) is 3.35. The lowest BCUT2D eigenvalue weighted by Crippen LogP contribution is -2.42. The SMILES string of the molecule is CC(C)(C)OC(=O)NC1CCC(Nc2c(Cl)cccc2Cl)CC1. The number of alkyl carbamates (subject to hydrolysis) is 1. The quantitative estimate of drug-likeness (QED) is 0.776. The molecule has 1 aromatic rings. The molecule has 0 aromatic heterocycles. The van der Waals surface area contributed by atoms with Crippen LogP contribution in [0, 0.1) is 0 Å². The first kappa shape index (κ1) is 18.2. The fourth-order valence-corrected chi connectivity index (χ4v) is 3.20. The molecule has 0 saturated heterocycles. The van der Waals surface area contributed by atoms with Crippen molar-refractivity contribution in [3.8, 4) is 0 Å². The van der Waals surface area contributed by atoms with Gasteiger partial charge >= 0.3 is 6.09 Å². The summed E-state index contributed by atoms with van der Waals surface area (Å²) in [5.41, 5.74) is 0.322. The fraction of sp³-hybridized carbons (Fsp3) is 0.588. The van der Waals surface area contributed by atoms with Gasteiger partial charge in [0.15, 0.2) is 0 Å². The monoisotopic (exact) mass is 358 g/mol. The molecule has 0 spiro atoms. The second-order valence-electron chi connectivity index (χ2n) is 6.94. The van der Waals surface area contributed by atoms with E-state index in [1.165, 1.54) is 0 Å². The van der Waals surface area contributed by atoms with E-state index in [9.17, 15) is 4.79 Å². The second-order valence-corrected chi connectivity index (χ2v) is 7.75. The number of rotatable bonds is 3. The van der Waals surface area contributed by atoms with Crippen LogP contribution in [0.1, 0.15) is 46.5 Å². The zero-order chi connectivity index (χ0) is 17.0. The molecule has 1 fully saturated rings. The first-order valence-corrected chi connectivity index (χ1v) is 8.70. The third-order valence-electron chi connectivity index (χ3n) is 3.76. The number of carbonyl (C=O) groups excluding carboxylic acids is 1. The van der Waals surface area contributed by atoms with Crippen LogP contribution in [0.3, 0.4) is 0 Å². The van der Waals surface area contributed by atoms with Crippen molar-refractivity contribution in [2.75, 3.05) is 5.32 Å². The number of anilines is 1. The van der Waals surface area contributed by atoms with Crippen LogP contribution in [0.5, 0.6) is 0 Å². The average molecular weight is 359 g/mol. The second kappa shape index (κ2) is 7.63. The molecule has 0 unspecified atom stereocenters. The molecular weight excluding hydrogens is 335 g/mol. The molecule has 1 aromatic carbocycles. The van der Waals surface area contributed by atoms with E-state index < -0.39 is 5.60 Å². The predicted molar refractivity (Wildman–Crippen MR) is 95.5 cm³/mol. The van der Waals surface area contributed by atoms with E-state index in [1.54, 1.807) is 0 Å². The lowest BCUT2D eigenvalue weighted by molar-refractivity contribution is 0.0492. The molecule has 4 nitrogen and oxygen atoms in total. The van der Waals surface area contributed by atoms with E-state index in [-0.39, 0.29) is 12.1 Å².